The highest BCUT2D eigenvalue weighted by Crippen LogP contribution is 2.30. The van der Waals surface area contributed by atoms with Gasteiger partial charge in [-0.2, -0.15) is 4.72 Å². The van der Waals surface area contributed by atoms with Crippen molar-refractivity contribution in [2.45, 2.75) is 22.8 Å². The summed E-state index contributed by atoms with van der Waals surface area (Å²) in [5.74, 6) is -0.255. The molecule has 0 aliphatic carbocycles. The number of benzene rings is 3. The lowest BCUT2D eigenvalue weighted by Gasteiger charge is -2.20. The van der Waals surface area contributed by atoms with Gasteiger partial charge in [0.1, 0.15) is 0 Å². The van der Waals surface area contributed by atoms with Gasteiger partial charge in [-0.1, -0.05) is 60.7 Å². The van der Waals surface area contributed by atoms with Crippen molar-refractivity contribution in [1.82, 2.24) is 4.72 Å². The molecule has 0 aromatic heterocycles. The van der Waals surface area contributed by atoms with Crippen LogP contribution in [-0.2, 0) is 14.8 Å². The lowest BCUT2D eigenvalue weighted by molar-refractivity contribution is -0.114. The highest BCUT2D eigenvalue weighted by Gasteiger charge is 2.23. The molecule has 5 nitrogen and oxygen atoms in total. The molecular weight excluding hydrogens is 404 g/mol. The SMILES string of the molecule is CSc1ccc(S(=O)(=O)NC(c2ccccc2)c2ccccc2)cc1NC(C)=O. The number of carbonyl (C=O) groups excluding carboxylic acids is 1. The van der Waals surface area contributed by atoms with Crippen molar-refractivity contribution in [1.29, 1.82) is 0 Å². The van der Waals surface area contributed by atoms with Crippen LogP contribution in [0.15, 0.2) is 88.7 Å². The molecule has 0 spiro atoms. The van der Waals surface area contributed by atoms with Crippen LogP contribution in [-0.4, -0.2) is 20.6 Å². The normalized spacial score (nSPS) is 11.4. The summed E-state index contributed by atoms with van der Waals surface area (Å²) in [6.07, 6.45) is 1.87. The fraction of sp³-hybridized carbons (Fsp3) is 0.136. The molecule has 0 aliphatic heterocycles. The van der Waals surface area contributed by atoms with Crippen molar-refractivity contribution in [2.75, 3.05) is 11.6 Å². The Bertz CT molecular complexity index is 1050. The van der Waals surface area contributed by atoms with Crippen LogP contribution in [0.1, 0.15) is 24.1 Å². The molecule has 3 aromatic carbocycles. The average molecular weight is 427 g/mol. The molecule has 29 heavy (non-hydrogen) atoms. The Kier molecular flexibility index (Phi) is 6.74. The van der Waals surface area contributed by atoms with Crippen LogP contribution in [0, 0.1) is 0 Å². The predicted octanol–water partition coefficient (Wildman–Crippen LogP) is 4.43. The molecule has 0 saturated carbocycles. The summed E-state index contributed by atoms with van der Waals surface area (Å²) in [6.45, 7) is 1.39. The number of thioether (sulfide) groups is 1. The summed E-state index contributed by atoms with van der Waals surface area (Å²) < 4.78 is 29.2. The Morgan fingerprint density at radius 3 is 1.93 bits per heavy atom. The van der Waals surface area contributed by atoms with E-state index in [1.165, 1.54) is 24.8 Å². The molecule has 2 N–H and O–H groups in total. The summed E-state index contributed by atoms with van der Waals surface area (Å²) >= 11 is 1.43. The molecule has 0 unspecified atom stereocenters. The maximum atomic E-state index is 13.2. The number of nitrogens with one attached hydrogen (secondary N) is 2. The number of sulfonamides is 1. The summed E-state index contributed by atoms with van der Waals surface area (Å²) in [5.41, 5.74) is 2.15. The van der Waals surface area contributed by atoms with Gasteiger partial charge in [0.15, 0.2) is 0 Å². The summed E-state index contributed by atoms with van der Waals surface area (Å²) in [6, 6.07) is 23.0. The van der Waals surface area contributed by atoms with Gasteiger partial charge < -0.3 is 5.32 Å². The molecule has 0 radical (unpaired) electrons. The first-order valence-corrected chi connectivity index (χ1v) is 11.7. The monoisotopic (exact) mass is 426 g/mol. The number of hydrogen-bond acceptors (Lipinski definition) is 4. The highest BCUT2D eigenvalue weighted by atomic mass is 32.2. The molecule has 7 heteroatoms. The van der Waals surface area contributed by atoms with Gasteiger partial charge in [-0.05, 0) is 35.6 Å². The third kappa shape index (κ3) is 5.26. The fourth-order valence-electron chi connectivity index (χ4n) is 2.98. The van der Waals surface area contributed by atoms with E-state index >= 15 is 0 Å². The Morgan fingerprint density at radius 1 is 0.897 bits per heavy atom. The second-order valence-corrected chi connectivity index (χ2v) is 8.98. The van der Waals surface area contributed by atoms with Crippen molar-refractivity contribution in [3.8, 4) is 0 Å². The summed E-state index contributed by atoms with van der Waals surface area (Å²) in [4.78, 5) is 12.4. The summed E-state index contributed by atoms with van der Waals surface area (Å²) in [5, 5.41) is 2.70. The number of amides is 1. The van der Waals surface area contributed by atoms with Gasteiger partial charge in [-0.15, -0.1) is 11.8 Å². The fourth-order valence-corrected chi connectivity index (χ4v) is 4.76. The van der Waals surface area contributed by atoms with E-state index in [4.69, 9.17) is 0 Å². The van der Waals surface area contributed by atoms with Crippen molar-refractivity contribution in [3.05, 3.63) is 90.0 Å². The van der Waals surface area contributed by atoms with Crippen LogP contribution in [0.5, 0.6) is 0 Å². The van der Waals surface area contributed by atoms with Gasteiger partial charge >= 0.3 is 0 Å². The van der Waals surface area contributed by atoms with E-state index in [2.05, 4.69) is 10.0 Å². The van der Waals surface area contributed by atoms with Crippen molar-refractivity contribution in [2.24, 2.45) is 0 Å². The lowest BCUT2D eigenvalue weighted by Crippen LogP contribution is -2.29. The molecule has 0 heterocycles. The van der Waals surface area contributed by atoms with E-state index in [1.54, 1.807) is 12.1 Å². The van der Waals surface area contributed by atoms with Crippen molar-refractivity contribution < 1.29 is 13.2 Å². The molecule has 0 bridgehead atoms. The molecule has 150 valence electrons. The van der Waals surface area contributed by atoms with Gasteiger partial charge in [0.2, 0.25) is 15.9 Å². The number of anilines is 1. The Labute approximate surface area is 175 Å². The van der Waals surface area contributed by atoms with Gasteiger partial charge in [0.25, 0.3) is 0 Å². The highest BCUT2D eigenvalue weighted by molar-refractivity contribution is 7.98. The molecule has 0 aliphatic rings. The van der Waals surface area contributed by atoms with Gasteiger partial charge in [0, 0.05) is 11.8 Å². The first kappa shape index (κ1) is 21.1. The maximum absolute atomic E-state index is 13.2. The van der Waals surface area contributed by atoms with Crippen LogP contribution in [0.4, 0.5) is 5.69 Å². The topological polar surface area (TPSA) is 75.3 Å². The first-order valence-electron chi connectivity index (χ1n) is 8.98. The van der Waals surface area contributed by atoms with Crippen LogP contribution < -0.4 is 10.0 Å². The molecule has 3 aromatic rings. The minimum Gasteiger partial charge on any atom is -0.325 e. The Morgan fingerprint density at radius 2 is 1.45 bits per heavy atom. The number of hydrogen-bond donors (Lipinski definition) is 2. The molecular formula is C22H22N2O3S2. The third-order valence-electron chi connectivity index (χ3n) is 4.33. The van der Waals surface area contributed by atoms with E-state index in [1.807, 2.05) is 66.9 Å². The van der Waals surface area contributed by atoms with Crippen LogP contribution in [0.3, 0.4) is 0 Å². The molecule has 3 rings (SSSR count). The second-order valence-electron chi connectivity index (χ2n) is 6.42. The maximum Gasteiger partial charge on any atom is 0.241 e. The zero-order valence-corrected chi connectivity index (χ0v) is 17.8. The average Bonchev–Trinajstić information content (AvgIpc) is 2.73. The smallest absolute Gasteiger partial charge is 0.241 e. The van der Waals surface area contributed by atoms with Crippen molar-refractivity contribution >= 4 is 33.4 Å². The van der Waals surface area contributed by atoms with E-state index in [9.17, 15) is 13.2 Å². The van der Waals surface area contributed by atoms with Crippen LogP contribution in [0.2, 0.25) is 0 Å². The second kappa shape index (κ2) is 9.26. The quantitative estimate of drug-likeness (QED) is 0.548. The minimum absolute atomic E-state index is 0.0934. The largest absolute Gasteiger partial charge is 0.325 e. The third-order valence-corrected chi connectivity index (χ3v) is 6.55. The van der Waals surface area contributed by atoms with Gasteiger partial charge in [-0.3, -0.25) is 4.79 Å². The minimum atomic E-state index is -3.85. The number of carbonyl (C=O) groups is 1. The molecule has 0 fully saturated rings. The standard InChI is InChI=1S/C22H22N2O3S2/c1-16(25)23-20-15-19(13-14-21(20)28-2)29(26,27)24-22(17-9-5-3-6-10-17)18-11-7-4-8-12-18/h3-15,22,24H,1-2H3,(H,23,25). The van der Waals surface area contributed by atoms with E-state index in [-0.39, 0.29) is 10.8 Å². The van der Waals surface area contributed by atoms with Crippen LogP contribution in [0.25, 0.3) is 0 Å². The molecule has 0 atom stereocenters. The Balaban J connectivity index is 2.00. The zero-order valence-electron chi connectivity index (χ0n) is 16.1. The Hall–Kier alpha value is -2.61. The molecule has 1 amide bonds. The van der Waals surface area contributed by atoms with E-state index in [0.717, 1.165) is 16.0 Å². The summed E-state index contributed by atoms with van der Waals surface area (Å²) in [7, 11) is -3.85. The number of rotatable bonds is 7. The van der Waals surface area contributed by atoms with Gasteiger partial charge in [-0.25, -0.2) is 8.42 Å². The first-order chi connectivity index (χ1) is 13.9. The van der Waals surface area contributed by atoms with E-state index in [0.29, 0.717) is 5.69 Å². The van der Waals surface area contributed by atoms with E-state index < -0.39 is 16.1 Å². The lowest BCUT2D eigenvalue weighted by atomic mass is 10.00. The predicted molar refractivity (Wildman–Crippen MR) is 118 cm³/mol. The van der Waals surface area contributed by atoms with Crippen molar-refractivity contribution in [3.63, 3.8) is 0 Å². The van der Waals surface area contributed by atoms with Gasteiger partial charge in [0.05, 0.1) is 16.6 Å². The zero-order chi connectivity index (χ0) is 20.9. The molecule has 0 saturated heterocycles. The van der Waals surface area contributed by atoms with Crippen LogP contribution >= 0.6 is 11.8 Å².